The second kappa shape index (κ2) is 10.2. The zero-order valence-corrected chi connectivity index (χ0v) is 20.5. The summed E-state index contributed by atoms with van der Waals surface area (Å²) in [4.78, 5) is 38.3. The van der Waals surface area contributed by atoms with Crippen molar-refractivity contribution >= 4 is 39.1 Å². The molecule has 0 spiro atoms. The largest absolute Gasteiger partial charge is 0.495 e. The minimum absolute atomic E-state index is 0.0428. The number of hydrogen-bond donors (Lipinski definition) is 2. The molecule has 4 rings (SSSR count). The number of carbonyl (C=O) groups excluding carboxylic acids is 3. The molecule has 1 fully saturated rings. The van der Waals surface area contributed by atoms with Crippen molar-refractivity contribution < 1.29 is 27.5 Å². The summed E-state index contributed by atoms with van der Waals surface area (Å²) in [7, 11) is -2.83. The van der Waals surface area contributed by atoms with Crippen molar-refractivity contribution in [1.82, 2.24) is 5.32 Å². The second-order valence-corrected chi connectivity index (χ2v) is 9.90. The van der Waals surface area contributed by atoms with Gasteiger partial charge in [-0.15, -0.1) is 0 Å². The Balaban J connectivity index is 1.62. The van der Waals surface area contributed by atoms with Gasteiger partial charge in [-0.05, 0) is 42.8 Å². The number of ether oxygens (including phenoxy) is 1. The number of carbonyl (C=O) groups is 3. The lowest BCUT2D eigenvalue weighted by molar-refractivity contribution is -0.121. The number of benzene rings is 3. The molecule has 0 aliphatic carbocycles. The van der Waals surface area contributed by atoms with Gasteiger partial charge in [-0.1, -0.05) is 42.5 Å². The Kier molecular flexibility index (Phi) is 7.07. The molecular formula is C26H25N3O6S. The average molecular weight is 508 g/mol. The third-order valence-electron chi connectivity index (χ3n) is 5.82. The van der Waals surface area contributed by atoms with Gasteiger partial charge in [-0.25, -0.2) is 13.3 Å². The number of rotatable bonds is 8. The van der Waals surface area contributed by atoms with Crippen LogP contribution in [0.4, 0.5) is 11.4 Å². The molecular weight excluding hydrogens is 482 g/mol. The molecule has 0 bridgehead atoms. The first-order chi connectivity index (χ1) is 17.2. The first kappa shape index (κ1) is 24.9. The molecule has 0 aromatic heterocycles. The van der Waals surface area contributed by atoms with Crippen molar-refractivity contribution in [2.24, 2.45) is 0 Å². The molecule has 2 N–H and O–H groups in total. The number of hydrogen-bond acceptors (Lipinski definition) is 6. The Bertz CT molecular complexity index is 1410. The van der Waals surface area contributed by atoms with Crippen LogP contribution in [0.3, 0.4) is 0 Å². The van der Waals surface area contributed by atoms with E-state index < -0.39 is 27.7 Å². The van der Waals surface area contributed by atoms with Crippen LogP contribution in [0.5, 0.6) is 5.75 Å². The van der Waals surface area contributed by atoms with Gasteiger partial charge in [0.25, 0.3) is 15.9 Å². The molecule has 3 aromatic rings. The van der Waals surface area contributed by atoms with Gasteiger partial charge < -0.3 is 10.1 Å². The van der Waals surface area contributed by atoms with E-state index in [-0.39, 0.29) is 46.5 Å². The summed E-state index contributed by atoms with van der Waals surface area (Å²) in [5.41, 5.74) is 1.18. The quantitative estimate of drug-likeness (QED) is 0.449. The number of imide groups is 1. The van der Waals surface area contributed by atoms with Gasteiger partial charge in [-0.3, -0.25) is 19.1 Å². The molecule has 1 atom stereocenters. The Morgan fingerprint density at radius 1 is 0.944 bits per heavy atom. The minimum atomic E-state index is -4.20. The lowest BCUT2D eigenvalue weighted by Crippen LogP contribution is -2.29. The third-order valence-corrected chi connectivity index (χ3v) is 7.18. The third kappa shape index (κ3) is 5.08. The molecule has 36 heavy (non-hydrogen) atoms. The molecule has 1 unspecified atom stereocenters. The van der Waals surface area contributed by atoms with E-state index in [9.17, 15) is 22.8 Å². The lowest BCUT2D eigenvalue weighted by atomic mass is 10.1. The smallest absolute Gasteiger partial charge is 0.261 e. The van der Waals surface area contributed by atoms with E-state index in [1.165, 1.54) is 37.4 Å². The Morgan fingerprint density at radius 2 is 1.58 bits per heavy atom. The normalized spacial score (nSPS) is 14.4. The van der Waals surface area contributed by atoms with Crippen molar-refractivity contribution in [3.05, 3.63) is 83.9 Å². The summed E-state index contributed by atoms with van der Waals surface area (Å²) in [5.74, 6) is -1.13. The minimum Gasteiger partial charge on any atom is -0.495 e. The average Bonchev–Trinajstić information content (AvgIpc) is 3.21. The summed E-state index contributed by atoms with van der Waals surface area (Å²) in [6.45, 7) is 1.83. The molecule has 1 aliphatic rings. The Hall–Kier alpha value is -4.18. The number of sulfonamides is 1. The second-order valence-electron chi connectivity index (χ2n) is 8.21. The standard InChI is InChI=1S/C26H25N3O6S/c1-17(18-8-4-3-5-9-18)27-26(32)20-10-6-7-11-21(20)28-36(33,34)19-12-13-23(35-2)22(16-19)29-24(30)14-15-25(29)31/h3-13,16-17,28H,14-15H2,1-2H3,(H,27,32). The van der Waals surface area contributed by atoms with Gasteiger partial charge in [-0.2, -0.15) is 0 Å². The van der Waals surface area contributed by atoms with E-state index in [0.717, 1.165) is 10.5 Å². The number of para-hydroxylation sites is 1. The van der Waals surface area contributed by atoms with Crippen LogP contribution in [-0.4, -0.2) is 33.2 Å². The van der Waals surface area contributed by atoms with Crippen LogP contribution in [0.15, 0.2) is 77.7 Å². The number of nitrogens with zero attached hydrogens (tertiary/aromatic N) is 1. The van der Waals surface area contributed by atoms with Gasteiger partial charge in [0.05, 0.1) is 35.0 Å². The molecule has 186 valence electrons. The predicted molar refractivity (Wildman–Crippen MR) is 134 cm³/mol. The lowest BCUT2D eigenvalue weighted by Gasteiger charge is -2.19. The number of methoxy groups -OCH3 is 1. The van der Waals surface area contributed by atoms with E-state index >= 15 is 0 Å². The van der Waals surface area contributed by atoms with Crippen LogP contribution in [0.1, 0.15) is 41.7 Å². The molecule has 1 heterocycles. The molecule has 3 amide bonds. The topological polar surface area (TPSA) is 122 Å². The van der Waals surface area contributed by atoms with Crippen molar-refractivity contribution in [3.63, 3.8) is 0 Å². The summed E-state index contributed by atoms with van der Waals surface area (Å²) in [6, 6.07) is 19.2. The van der Waals surface area contributed by atoms with Crippen molar-refractivity contribution in [1.29, 1.82) is 0 Å². The van der Waals surface area contributed by atoms with Crippen LogP contribution in [0, 0.1) is 0 Å². The molecule has 3 aromatic carbocycles. The molecule has 9 nitrogen and oxygen atoms in total. The van der Waals surface area contributed by atoms with Gasteiger partial charge in [0.15, 0.2) is 0 Å². The molecule has 10 heteroatoms. The van der Waals surface area contributed by atoms with E-state index in [0.29, 0.717) is 0 Å². The highest BCUT2D eigenvalue weighted by Gasteiger charge is 2.33. The highest BCUT2D eigenvalue weighted by molar-refractivity contribution is 7.92. The highest BCUT2D eigenvalue weighted by atomic mass is 32.2. The summed E-state index contributed by atoms with van der Waals surface area (Å²) in [5, 5.41) is 2.88. The first-order valence-corrected chi connectivity index (χ1v) is 12.7. The van der Waals surface area contributed by atoms with E-state index in [1.807, 2.05) is 37.3 Å². The number of nitrogens with one attached hydrogen (secondary N) is 2. The SMILES string of the molecule is COc1ccc(S(=O)(=O)Nc2ccccc2C(=O)NC(C)c2ccccc2)cc1N1C(=O)CCC1=O. The summed E-state index contributed by atoms with van der Waals surface area (Å²) in [6.07, 6.45) is 0.0855. The number of anilines is 2. The van der Waals surface area contributed by atoms with E-state index in [1.54, 1.807) is 12.1 Å². The zero-order chi connectivity index (χ0) is 25.9. The van der Waals surface area contributed by atoms with Gasteiger partial charge in [0.2, 0.25) is 11.8 Å². The van der Waals surface area contributed by atoms with Crippen molar-refractivity contribution in [2.45, 2.75) is 30.7 Å². The molecule has 1 saturated heterocycles. The van der Waals surface area contributed by atoms with Gasteiger partial charge >= 0.3 is 0 Å². The Morgan fingerprint density at radius 3 is 2.25 bits per heavy atom. The molecule has 1 aliphatic heterocycles. The van der Waals surface area contributed by atoms with Gasteiger partial charge in [0, 0.05) is 12.8 Å². The fourth-order valence-corrected chi connectivity index (χ4v) is 5.03. The first-order valence-electron chi connectivity index (χ1n) is 11.2. The van der Waals surface area contributed by atoms with E-state index in [4.69, 9.17) is 4.74 Å². The van der Waals surface area contributed by atoms with Crippen LogP contribution in [0.2, 0.25) is 0 Å². The van der Waals surface area contributed by atoms with Crippen LogP contribution in [0.25, 0.3) is 0 Å². The molecule has 0 radical (unpaired) electrons. The predicted octanol–water partition coefficient (Wildman–Crippen LogP) is 3.64. The maximum absolute atomic E-state index is 13.3. The number of amides is 3. The van der Waals surface area contributed by atoms with Crippen LogP contribution < -0.4 is 19.7 Å². The zero-order valence-electron chi connectivity index (χ0n) is 19.7. The fourth-order valence-electron chi connectivity index (χ4n) is 3.93. The maximum Gasteiger partial charge on any atom is 0.261 e. The highest BCUT2D eigenvalue weighted by Crippen LogP contribution is 2.35. The maximum atomic E-state index is 13.3. The molecule has 0 saturated carbocycles. The summed E-state index contributed by atoms with van der Waals surface area (Å²) < 4.78 is 34.3. The van der Waals surface area contributed by atoms with Gasteiger partial charge in [0.1, 0.15) is 5.75 Å². The summed E-state index contributed by atoms with van der Waals surface area (Å²) >= 11 is 0. The van der Waals surface area contributed by atoms with Crippen LogP contribution in [-0.2, 0) is 19.6 Å². The van der Waals surface area contributed by atoms with E-state index in [2.05, 4.69) is 10.0 Å². The Labute approximate surface area is 209 Å². The van der Waals surface area contributed by atoms with Crippen molar-refractivity contribution in [3.8, 4) is 5.75 Å². The monoisotopic (exact) mass is 507 g/mol. The van der Waals surface area contributed by atoms with Crippen LogP contribution >= 0.6 is 0 Å². The van der Waals surface area contributed by atoms with Crippen molar-refractivity contribution in [2.75, 3.05) is 16.7 Å². The fraction of sp³-hybridized carbons (Fsp3) is 0.192.